The molecule has 0 amide bonds. The van der Waals surface area contributed by atoms with E-state index in [4.69, 9.17) is 25.8 Å². The molecule has 0 aliphatic rings. The Bertz CT molecular complexity index is 862. The summed E-state index contributed by atoms with van der Waals surface area (Å²) in [5.74, 6) is 0.0793. The molecule has 0 aromatic heterocycles. The maximum Gasteiger partial charge on any atom is 0.343 e. The second kappa shape index (κ2) is 6.57. The predicted octanol–water partition coefficient (Wildman–Crippen LogP) is 3.75. The Kier molecular flexibility index (Phi) is 4.96. The largest absolute Gasteiger partial charge is 0.495 e. The third kappa shape index (κ3) is 3.53. The summed E-state index contributed by atoms with van der Waals surface area (Å²) in [7, 11) is -2.78. The summed E-state index contributed by atoms with van der Waals surface area (Å²) >= 11 is 9.12. The van der Waals surface area contributed by atoms with Gasteiger partial charge in [-0.3, -0.25) is 0 Å². The van der Waals surface area contributed by atoms with Crippen molar-refractivity contribution in [2.24, 2.45) is 0 Å². The van der Waals surface area contributed by atoms with Crippen molar-refractivity contribution in [1.29, 1.82) is 5.26 Å². The van der Waals surface area contributed by atoms with Crippen molar-refractivity contribution >= 4 is 37.6 Å². The van der Waals surface area contributed by atoms with E-state index in [-0.39, 0.29) is 21.4 Å². The molecule has 22 heavy (non-hydrogen) atoms. The molecule has 0 heterocycles. The number of hydrogen-bond acceptors (Lipinski definition) is 5. The topological polar surface area (TPSA) is 76.4 Å². The van der Waals surface area contributed by atoms with Crippen LogP contribution >= 0.6 is 27.5 Å². The van der Waals surface area contributed by atoms with Gasteiger partial charge in [-0.2, -0.15) is 13.7 Å². The molecule has 114 valence electrons. The number of methoxy groups -OCH3 is 1. The maximum atomic E-state index is 12.4. The number of halogens is 2. The zero-order chi connectivity index (χ0) is 16.3. The second-order valence-electron chi connectivity index (χ2n) is 4.09. The first-order valence-electron chi connectivity index (χ1n) is 5.85. The van der Waals surface area contributed by atoms with Crippen molar-refractivity contribution in [3.05, 3.63) is 51.5 Å². The van der Waals surface area contributed by atoms with Crippen LogP contribution in [0.25, 0.3) is 0 Å². The number of nitriles is 1. The second-order valence-corrected chi connectivity index (χ2v) is 6.93. The first-order chi connectivity index (χ1) is 10.4. The summed E-state index contributed by atoms with van der Waals surface area (Å²) in [4.78, 5) is -0.134. The van der Waals surface area contributed by atoms with Crippen LogP contribution in [0.1, 0.15) is 5.56 Å². The Morgan fingerprint density at radius 1 is 1.18 bits per heavy atom. The minimum absolute atomic E-state index is 0.0246. The van der Waals surface area contributed by atoms with Crippen molar-refractivity contribution in [2.45, 2.75) is 4.90 Å². The predicted molar refractivity (Wildman–Crippen MR) is 84.7 cm³/mol. The van der Waals surface area contributed by atoms with Crippen LogP contribution in [0.5, 0.6) is 11.5 Å². The van der Waals surface area contributed by atoms with E-state index in [9.17, 15) is 8.42 Å². The normalized spacial score (nSPS) is 10.8. The Balaban J connectivity index is 2.45. The maximum absolute atomic E-state index is 12.4. The minimum atomic E-state index is -4.14. The van der Waals surface area contributed by atoms with Gasteiger partial charge >= 0.3 is 10.1 Å². The van der Waals surface area contributed by atoms with Gasteiger partial charge in [-0.1, -0.05) is 27.5 Å². The summed E-state index contributed by atoms with van der Waals surface area (Å²) in [6.07, 6.45) is 0. The van der Waals surface area contributed by atoms with Crippen molar-refractivity contribution < 1.29 is 17.3 Å². The Hall–Kier alpha value is -1.75. The molecular weight excluding hydrogens is 394 g/mol. The van der Waals surface area contributed by atoms with Crippen molar-refractivity contribution in [1.82, 2.24) is 0 Å². The molecule has 2 aromatic rings. The molecule has 0 atom stereocenters. The Morgan fingerprint density at radius 2 is 1.86 bits per heavy atom. The molecule has 2 aromatic carbocycles. The summed E-state index contributed by atoms with van der Waals surface area (Å²) < 4.78 is 35.4. The SMILES string of the molecule is COc1ccc(Br)cc1S(=O)(=O)Oc1ccc(C#N)cc1Cl. The van der Waals surface area contributed by atoms with Crippen LogP contribution < -0.4 is 8.92 Å². The molecule has 0 unspecified atom stereocenters. The highest BCUT2D eigenvalue weighted by atomic mass is 79.9. The van der Waals surface area contributed by atoms with Crippen LogP contribution in [0.3, 0.4) is 0 Å². The molecule has 0 spiro atoms. The fourth-order valence-electron chi connectivity index (χ4n) is 1.65. The van der Waals surface area contributed by atoms with Crippen LogP contribution in [-0.2, 0) is 10.1 Å². The molecule has 0 N–H and O–H groups in total. The fourth-order valence-corrected chi connectivity index (χ4v) is 3.57. The van der Waals surface area contributed by atoms with Gasteiger partial charge in [0.15, 0.2) is 5.75 Å². The number of hydrogen-bond donors (Lipinski definition) is 0. The van der Waals surface area contributed by atoms with Gasteiger partial charge in [0.05, 0.1) is 23.8 Å². The number of rotatable bonds is 4. The molecular formula is C14H9BrClNO4S. The lowest BCUT2D eigenvalue weighted by Crippen LogP contribution is -2.11. The average molecular weight is 403 g/mol. The van der Waals surface area contributed by atoms with Gasteiger partial charge in [0.1, 0.15) is 10.6 Å². The lowest BCUT2D eigenvalue weighted by molar-refractivity contribution is 0.398. The molecule has 0 aliphatic carbocycles. The molecule has 0 saturated heterocycles. The van der Waals surface area contributed by atoms with Crippen LogP contribution in [0, 0.1) is 11.3 Å². The fraction of sp³-hybridized carbons (Fsp3) is 0.0714. The van der Waals surface area contributed by atoms with Crippen molar-refractivity contribution in [3.63, 3.8) is 0 Å². The van der Waals surface area contributed by atoms with Gasteiger partial charge in [0, 0.05) is 4.47 Å². The highest BCUT2D eigenvalue weighted by Crippen LogP contribution is 2.32. The van der Waals surface area contributed by atoms with E-state index < -0.39 is 10.1 Å². The molecule has 8 heteroatoms. The van der Waals surface area contributed by atoms with E-state index in [0.29, 0.717) is 10.0 Å². The van der Waals surface area contributed by atoms with Gasteiger partial charge in [0.2, 0.25) is 0 Å². The number of benzene rings is 2. The van der Waals surface area contributed by atoms with Crippen molar-refractivity contribution in [3.8, 4) is 17.6 Å². The van der Waals surface area contributed by atoms with E-state index in [2.05, 4.69) is 15.9 Å². The Labute approximate surface area is 141 Å². The van der Waals surface area contributed by atoms with Crippen LogP contribution in [0.2, 0.25) is 5.02 Å². The van der Waals surface area contributed by atoms with E-state index in [1.807, 2.05) is 6.07 Å². The van der Waals surface area contributed by atoms with Crippen LogP contribution in [0.15, 0.2) is 45.8 Å². The van der Waals surface area contributed by atoms with E-state index >= 15 is 0 Å². The van der Waals surface area contributed by atoms with Gasteiger partial charge < -0.3 is 8.92 Å². The molecule has 0 bridgehead atoms. The van der Waals surface area contributed by atoms with Crippen LogP contribution in [-0.4, -0.2) is 15.5 Å². The quantitative estimate of drug-likeness (QED) is 0.728. The highest BCUT2D eigenvalue weighted by Gasteiger charge is 2.23. The zero-order valence-electron chi connectivity index (χ0n) is 11.2. The van der Waals surface area contributed by atoms with Crippen molar-refractivity contribution in [2.75, 3.05) is 7.11 Å². The first-order valence-corrected chi connectivity index (χ1v) is 8.43. The third-order valence-corrected chi connectivity index (χ3v) is 4.70. The summed E-state index contributed by atoms with van der Waals surface area (Å²) in [6.45, 7) is 0. The molecule has 5 nitrogen and oxygen atoms in total. The van der Waals surface area contributed by atoms with Crippen LogP contribution in [0.4, 0.5) is 0 Å². The summed E-state index contributed by atoms with van der Waals surface area (Å²) in [5.41, 5.74) is 0.301. The number of ether oxygens (including phenoxy) is 1. The van der Waals surface area contributed by atoms with E-state index in [1.54, 1.807) is 6.07 Å². The highest BCUT2D eigenvalue weighted by molar-refractivity contribution is 9.10. The molecule has 2 rings (SSSR count). The molecule has 0 fully saturated rings. The summed E-state index contributed by atoms with van der Waals surface area (Å²) in [6, 6.07) is 10.5. The van der Waals surface area contributed by atoms with Gasteiger partial charge in [0.25, 0.3) is 0 Å². The van der Waals surface area contributed by atoms with E-state index in [0.717, 1.165) is 0 Å². The van der Waals surface area contributed by atoms with Gasteiger partial charge in [-0.15, -0.1) is 0 Å². The third-order valence-electron chi connectivity index (χ3n) is 2.66. The molecule has 0 saturated carbocycles. The smallest absolute Gasteiger partial charge is 0.343 e. The first kappa shape index (κ1) is 16.6. The molecule has 0 aliphatic heterocycles. The monoisotopic (exact) mass is 401 g/mol. The average Bonchev–Trinajstić information content (AvgIpc) is 2.49. The standard InChI is InChI=1S/C14H9BrClNO4S/c1-20-13-5-3-10(15)7-14(13)22(18,19)21-12-4-2-9(8-17)6-11(12)16/h2-7H,1H3. The number of nitrogens with zero attached hydrogens (tertiary/aromatic N) is 1. The summed E-state index contributed by atoms with van der Waals surface area (Å²) in [5, 5.41) is 8.80. The zero-order valence-corrected chi connectivity index (χ0v) is 14.4. The molecule has 0 radical (unpaired) electrons. The van der Waals surface area contributed by atoms with Gasteiger partial charge in [-0.25, -0.2) is 0 Å². The van der Waals surface area contributed by atoms with E-state index in [1.165, 1.54) is 37.4 Å². The lowest BCUT2D eigenvalue weighted by Gasteiger charge is -2.12. The Morgan fingerprint density at radius 3 is 2.45 bits per heavy atom. The lowest BCUT2D eigenvalue weighted by atomic mass is 10.2. The minimum Gasteiger partial charge on any atom is -0.495 e. The van der Waals surface area contributed by atoms with Gasteiger partial charge in [-0.05, 0) is 36.4 Å².